The standard InChI is InChI=1S/C21H19F2N3O2S/c1-3-9-28-15-6-4-5-13(10-15)19-18(12(2)24-21(29)26-19)20(27)25-14-7-8-16(22)17(23)11-14/h3-8,10-11,19H,1,9H2,2H3,(H,25,27)(H2,24,26,29)/t19-/m1/s1. The number of anilines is 1. The third-order valence-electron chi connectivity index (χ3n) is 4.25. The SMILES string of the molecule is C=CCOc1cccc([C@H]2NC(=S)NC(C)=C2C(=O)Nc2ccc(F)c(F)c2)c1. The molecule has 1 atom stereocenters. The van der Waals surface area contributed by atoms with Crippen LogP contribution >= 0.6 is 12.2 Å². The fraction of sp³-hybridized carbons (Fsp3) is 0.143. The summed E-state index contributed by atoms with van der Waals surface area (Å²) in [5.74, 6) is -1.89. The predicted molar refractivity (Wildman–Crippen MR) is 111 cm³/mol. The topological polar surface area (TPSA) is 62.4 Å². The van der Waals surface area contributed by atoms with Crippen LogP contribution in [0.3, 0.4) is 0 Å². The maximum absolute atomic E-state index is 13.5. The highest BCUT2D eigenvalue weighted by Crippen LogP contribution is 2.30. The molecular formula is C21H19F2N3O2S. The Morgan fingerprint density at radius 2 is 2.07 bits per heavy atom. The molecule has 2 aromatic carbocycles. The minimum Gasteiger partial charge on any atom is -0.490 e. The Morgan fingerprint density at radius 3 is 2.79 bits per heavy atom. The number of amides is 1. The molecule has 1 heterocycles. The van der Waals surface area contributed by atoms with Crippen molar-refractivity contribution in [2.75, 3.05) is 11.9 Å². The third kappa shape index (κ3) is 4.78. The highest BCUT2D eigenvalue weighted by molar-refractivity contribution is 7.80. The van der Waals surface area contributed by atoms with Gasteiger partial charge in [0.25, 0.3) is 5.91 Å². The van der Waals surface area contributed by atoms with Crippen molar-refractivity contribution >= 4 is 28.9 Å². The van der Waals surface area contributed by atoms with Gasteiger partial charge in [-0.1, -0.05) is 24.8 Å². The van der Waals surface area contributed by atoms with Crippen LogP contribution in [0.25, 0.3) is 0 Å². The average Bonchev–Trinajstić information content (AvgIpc) is 2.68. The fourth-order valence-corrected chi connectivity index (χ4v) is 3.23. The van der Waals surface area contributed by atoms with Crippen LogP contribution in [0.1, 0.15) is 18.5 Å². The zero-order chi connectivity index (χ0) is 21.0. The van der Waals surface area contributed by atoms with E-state index in [0.29, 0.717) is 28.7 Å². The first-order chi connectivity index (χ1) is 13.9. The number of thiocarbonyl (C=S) groups is 1. The summed E-state index contributed by atoms with van der Waals surface area (Å²) in [5.41, 5.74) is 1.81. The fourth-order valence-electron chi connectivity index (χ4n) is 2.96. The van der Waals surface area contributed by atoms with Crippen LogP contribution in [-0.4, -0.2) is 17.6 Å². The number of halogens is 2. The lowest BCUT2D eigenvalue weighted by atomic mass is 9.94. The molecule has 0 aliphatic carbocycles. The number of allylic oxidation sites excluding steroid dienone is 1. The number of carbonyl (C=O) groups is 1. The van der Waals surface area contributed by atoms with Gasteiger partial charge in [0.05, 0.1) is 11.6 Å². The minimum atomic E-state index is -1.04. The summed E-state index contributed by atoms with van der Waals surface area (Å²) in [6, 6.07) is 9.86. The molecule has 0 aromatic heterocycles. The van der Waals surface area contributed by atoms with Gasteiger partial charge in [0.15, 0.2) is 16.7 Å². The molecule has 0 fully saturated rings. The van der Waals surface area contributed by atoms with Crippen molar-refractivity contribution in [3.8, 4) is 5.75 Å². The molecule has 8 heteroatoms. The van der Waals surface area contributed by atoms with E-state index in [9.17, 15) is 13.6 Å². The highest BCUT2D eigenvalue weighted by Gasteiger charge is 2.30. The van der Waals surface area contributed by atoms with Gasteiger partial charge in [-0.25, -0.2) is 8.78 Å². The second-order valence-electron chi connectivity index (χ2n) is 6.33. The van der Waals surface area contributed by atoms with E-state index < -0.39 is 23.6 Å². The summed E-state index contributed by atoms with van der Waals surface area (Å²) in [6.07, 6.45) is 1.63. The van der Waals surface area contributed by atoms with Gasteiger partial charge in [-0.2, -0.15) is 0 Å². The van der Waals surface area contributed by atoms with Crippen molar-refractivity contribution in [1.29, 1.82) is 0 Å². The zero-order valence-corrected chi connectivity index (χ0v) is 16.4. The number of hydrogen-bond donors (Lipinski definition) is 3. The lowest BCUT2D eigenvalue weighted by Gasteiger charge is -2.30. The molecule has 0 radical (unpaired) electrons. The van der Waals surface area contributed by atoms with E-state index in [1.807, 2.05) is 6.07 Å². The predicted octanol–water partition coefficient (Wildman–Crippen LogP) is 3.96. The second-order valence-corrected chi connectivity index (χ2v) is 6.73. The minimum absolute atomic E-state index is 0.143. The van der Waals surface area contributed by atoms with Gasteiger partial charge in [0, 0.05) is 17.5 Å². The molecule has 0 spiro atoms. The maximum atomic E-state index is 13.5. The van der Waals surface area contributed by atoms with E-state index >= 15 is 0 Å². The van der Waals surface area contributed by atoms with E-state index in [0.717, 1.165) is 17.7 Å². The number of hydrogen-bond acceptors (Lipinski definition) is 3. The van der Waals surface area contributed by atoms with E-state index in [4.69, 9.17) is 17.0 Å². The van der Waals surface area contributed by atoms with Crippen molar-refractivity contribution < 1.29 is 18.3 Å². The molecule has 3 N–H and O–H groups in total. The van der Waals surface area contributed by atoms with Crippen molar-refractivity contribution in [3.05, 3.63) is 83.6 Å². The van der Waals surface area contributed by atoms with Gasteiger partial charge >= 0.3 is 0 Å². The lowest BCUT2D eigenvalue weighted by molar-refractivity contribution is -0.113. The molecule has 1 aliphatic heterocycles. The van der Waals surface area contributed by atoms with Crippen LogP contribution < -0.4 is 20.7 Å². The molecule has 0 unspecified atom stereocenters. The molecule has 5 nitrogen and oxygen atoms in total. The summed E-state index contributed by atoms with van der Waals surface area (Å²) in [4.78, 5) is 13.0. The molecule has 0 bridgehead atoms. The molecule has 150 valence electrons. The Hall–Kier alpha value is -3.26. The Labute approximate surface area is 172 Å². The Morgan fingerprint density at radius 1 is 1.28 bits per heavy atom. The monoisotopic (exact) mass is 415 g/mol. The average molecular weight is 415 g/mol. The highest BCUT2D eigenvalue weighted by atomic mass is 32.1. The summed E-state index contributed by atoms with van der Waals surface area (Å²) >= 11 is 5.24. The van der Waals surface area contributed by atoms with E-state index in [1.54, 1.807) is 31.2 Å². The van der Waals surface area contributed by atoms with Crippen LogP contribution in [0.2, 0.25) is 0 Å². The molecule has 0 saturated carbocycles. The molecular weight excluding hydrogens is 396 g/mol. The van der Waals surface area contributed by atoms with Crippen molar-refractivity contribution in [2.45, 2.75) is 13.0 Å². The van der Waals surface area contributed by atoms with Crippen LogP contribution in [0.4, 0.5) is 14.5 Å². The van der Waals surface area contributed by atoms with Crippen LogP contribution in [0.5, 0.6) is 5.75 Å². The van der Waals surface area contributed by atoms with Gasteiger partial charge in [-0.3, -0.25) is 4.79 Å². The van der Waals surface area contributed by atoms with Crippen LogP contribution in [-0.2, 0) is 4.79 Å². The number of rotatable bonds is 6. The molecule has 2 aromatic rings. The van der Waals surface area contributed by atoms with E-state index in [-0.39, 0.29) is 5.69 Å². The molecule has 1 aliphatic rings. The Bertz CT molecular complexity index is 1010. The summed E-state index contributed by atoms with van der Waals surface area (Å²) in [6.45, 7) is 5.69. The van der Waals surface area contributed by atoms with E-state index in [1.165, 1.54) is 6.07 Å². The largest absolute Gasteiger partial charge is 0.490 e. The first-order valence-electron chi connectivity index (χ1n) is 8.77. The molecule has 29 heavy (non-hydrogen) atoms. The quantitative estimate of drug-likeness (QED) is 0.492. The van der Waals surface area contributed by atoms with Gasteiger partial charge in [-0.15, -0.1) is 0 Å². The first-order valence-corrected chi connectivity index (χ1v) is 9.18. The summed E-state index contributed by atoms with van der Waals surface area (Å²) < 4.78 is 32.2. The maximum Gasteiger partial charge on any atom is 0.255 e. The van der Waals surface area contributed by atoms with Gasteiger partial charge in [0.1, 0.15) is 12.4 Å². The molecule has 1 amide bonds. The summed E-state index contributed by atoms with van der Waals surface area (Å²) in [7, 11) is 0. The number of nitrogens with one attached hydrogen (secondary N) is 3. The Balaban J connectivity index is 1.92. The van der Waals surface area contributed by atoms with Gasteiger partial charge in [0.2, 0.25) is 0 Å². The third-order valence-corrected chi connectivity index (χ3v) is 4.47. The van der Waals surface area contributed by atoms with Crippen LogP contribution in [0.15, 0.2) is 66.4 Å². The molecule has 3 rings (SSSR count). The number of ether oxygens (including phenoxy) is 1. The second kappa shape index (κ2) is 8.83. The summed E-state index contributed by atoms with van der Waals surface area (Å²) in [5, 5.41) is 8.97. The first kappa shape index (κ1) is 20.5. The van der Waals surface area contributed by atoms with Crippen LogP contribution in [0, 0.1) is 11.6 Å². The lowest BCUT2D eigenvalue weighted by Crippen LogP contribution is -2.45. The van der Waals surface area contributed by atoms with E-state index in [2.05, 4.69) is 22.5 Å². The number of carbonyl (C=O) groups excluding carboxylic acids is 1. The van der Waals surface area contributed by atoms with Crippen molar-refractivity contribution in [2.24, 2.45) is 0 Å². The van der Waals surface area contributed by atoms with Crippen molar-refractivity contribution in [1.82, 2.24) is 10.6 Å². The molecule has 0 saturated heterocycles. The smallest absolute Gasteiger partial charge is 0.255 e. The van der Waals surface area contributed by atoms with Gasteiger partial charge in [-0.05, 0) is 49.0 Å². The Kier molecular flexibility index (Phi) is 6.23. The number of benzene rings is 2. The van der Waals surface area contributed by atoms with Gasteiger partial charge < -0.3 is 20.7 Å². The normalized spacial score (nSPS) is 16.0. The zero-order valence-electron chi connectivity index (χ0n) is 15.6. The van der Waals surface area contributed by atoms with Crippen molar-refractivity contribution in [3.63, 3.8) is 0 Å².